The minimum Gasteiger partial charge on any atom is -0.290 e. The number of allylic oxidation sites excluding steroid dienone is 3. The van der Waals surface area contributed by atoms with Gasteiger partial charge in [-0.2, -0.15) is 0 Å². The van der Waals surface area contributed by atoms with Crippen molar-refractivity contribution in [3.8, 4) is 0 Å². The van der Waals surface area contributed by atoms with Crippen molar-refractivity contribution in [3.63, 3.8) is 0 Å². The Kier molecular flexibility index (Phi) is 8.44. The van der Waals surface area contributed by atoms with Crippen LogP contribution in [0.25, 0.3) is 0 Å². The van der Waals surface area contributed by atoms with E-state index in [4.69, 9.17) is 4.52 Å². The summed E-state index contributed by atoms with van der Waals surface area (Å²) < 4.78 is 25.9. The van der Waals surface area contributed by atoms with Gasteiger partial charge in [-0.1, -0.05) is 23.3 Å². The standard InChI is InChI=1S/C12H23O4P/c1-11(2)7-6-8-12(3)9-10-16-17(13,14-4)15-5/h7,9H,6,8,10H2,1-5H3/b12-9+. The van der Waals surface area contributed by atoms with Gasteiger partial charge in [0.25, 0.3) is 0 Å². The summed E-state index contributed by atoms with van der Waals surface area (Å²) in [6, 6.07) is 0. The van der Waals surface area contributed by atoms with Crippen LogP contribution in [0.5, 0.6) is 0 Å². The molecule has 17 heavy (non-hydrogen) atoms. The molecule has 0 unspecified atom stereocenters. The van der Waals surface area contributed by atoms with E-state index in [0.29, 0.717) is 0 Å². The third-order valence-electron chi connectivity index (χ3n) is 2.20. The van der Waals surface area contributed by atoms with Crippen LogP contribution in [0.1, 0.15) is 33.6 Å². The zero-order valence-electron chi connectivity index (χ0n) is 11.4. The Morgan fingerprint density at radius 1 is 1.12 bits per heavy atom. The molecule has 0 atom stereocenters. The van der Waals surface area contributed by atoms with E-state index in [1.165, 1.54) is 25.4 Å². The molecule has 0 spiro atoms. The topological polar surface area (TPSA) is 44.8 Å². The average molecular weight is 262 g/mol. The van der Waals surface area contributed by atoms with Gasteiger partial charge in [0, 0.05) is 14.2 Å². The molecule has 0 aromatic carbocycles. The van der Waals surface area contributed by atoms with Crippen molar-refractivity contribution in [2.24, 2.45) is 0 Å². The van der Waals surface area contributed by atoms with E-state index < -0.39 is 7.82 Å². The van der Waals surface area contributed by atoms with Crippen molar-refractivity contribution >= 4 is 7.82 Å². The highest BCUT2D eigenvalue weighted by Gasteiger charge is 2.21. The number of phosphoric ester groups is 1. The number of phosphoric acid groups is 1. The monoisotopic (exact) mass is 262 g/mol. The fourth-order valence-corrected chi connectivity index (χ4v) is 1.76. The third kappa shape index (κ3) is 8.33. The molecule has 5 heteroatoms. The summed E-state index contributed by atoms with van der Waals surface area (Å²) in [7, 11) is -0.733. The van der Waals surface area contributed by atoms with Gasteiger partial charge in [0.05, 0.1) is 6.61 Å². The first-order valence-electron chi connectivity index (χ1n) is 5.58. The van der Waals surface area contributed by atoms with Gasteiger partial charge in [0.2, 0.25) is 0 Å². The van der Waals surface area contributed by atoms with Gasteiger partial charge in [0.1, 0.15) is 0 Å². The minimum atomic E-state index is -3.34. The van der Waals surface area contributed by atoms with Gasteiger partial charge >= 0.3 is 7.82 Å². The molecule has 0 fully saturated rings. The van der Waals surface area contributed by atoms with E-state index in [1.807, 2.05) is 13.0 Å². The predicted molar refractivity (Wildman–Crippen MR) is 70.0 cm³/mol. The highest BCUT2D eigenvalue weighted by atomic mass is 31.2. The molecule has 0 aliphatic heterocycles. The summed E-state index contributed by atoms with van der Waals surface area (Å²) in [6.45, 7) is 6.41. The number of rotatable bonds is 8. The molecule has 0 saturated carbocycles. The van der Waals surface area contributed by atoms with Crippen molar-refractivity contribution in [1.29, 1.82) is 0 Å². The Bertz CT molecular complexity index is 308. The molecule has 0 aromatic heterocycles. The van der Waals surface area contributed by atoms with E-state index in [2.05, 4.69) is 29.0 Å². The van der Waals surface area contributed by atoms with Gasteiger partial charge in [-0.25, -0.2) is 4.57 Å². The van der Waals surface area contributed by atoms with Crippen molar-refractivity contribution in [1.82, 2.24) is 0 Å². The molecule has 0 rings (SSSR count). The maximum absolute atomic E-state index is 11.5. The lowest BCUT2D eigenvalue weighted by molar-refractivity contribution is 0.164. The Hall–Kier alpha value is -0.410. The molecule has 0 aliphatic rings. The molecular weight excluding hydrogens is 239 g/mol. The Balaban J connectivity index is 4.00. The van der Waals surface area contributed by atoms with Crippen LogP contribution in [0.2, 0.25) is 0 Å². The molecule has 0 amide bonds. The SMILES string of the molecule is COP(=O)(OC)OC/C=C(\C)CCC=C(C)C. The molecule has 4 nitrogen and oxygen atoms in total. The van der Waals surface area contributed by atoms with Crippen LogP contribution >= 0.6 is 7.82 Å². The van der Waals surface area contributed by atoms with Crippen LogP contribution in [0.3, 0.4) is 0 Å². The normalized spacial score (nSPS) is 12.6. The zero-order chi connectivity index (χ0) is 13.3. The zero-order valence-corrected chi connectivity index (χ0v) is 12.3. The largest absolute Gasteiger partial charge is 0.474 e. The lowest BCUT2D eigenvalue weighted by Crippen LogP contribution is -1.95. The van der Waals surface area contributed by atoms with Gasteiger partial charge < -0.3 is 0 Å². The van der Waals surface area contributed by atoms with Crippen LogP contribution in [-0.2, 0) is 18.1 Å². The first-order valence-corrected chi connectivity index (χ1v) is 7.04. The molecular formula is C12H23O4P. The Morgan fingerprint density at radius 3 is 2.18 bits per heavy atom. The first kappa shape index (κ1) is 16.6. The fourth-order valence-electron chi connectivity index (χ4n) is 1.14. The second-order valence-corrected chi connectivity index (χ2v) is 5.86. The van der Waals surface area contributed by atoms with Crippen LogP contribution in [0.4, 0.5) is 0 Å². The average Bonchev–Trinajstić information content (AvgIpc) is 2.28. The van der Waals surface area contributed by atoms with Gasteiger partial charge in [-0.3, -0.25) is 13.6 Å². The van der Waals surface area contributed by atoms with Crippen LogP contribution in [0.15, 0.2) is 23.3 Å². The minimum absolute atomic E-state index is 0.236. The predicted octanol–water partition coefficient (Wildman–Crippen LogP) is 4.10. The fraction of sp³-hybridized carbons (Fsp3) is 0.667. The molecule has 0 aliphatic carbocycles. The molecule has 0 saturated heterocycles. The molecule has 0 N–H and O–H groups in total. The molecule has 0 bridgehead atoms. The van der Waals surface area contributed by atoms with E-state index in [9.17, 15) is 4.57 Å². The maximum Gasteiger partial charge on any atom is 0.474 e. The van der Waals surface area contributed by atoms with Gasteiger partial charge in [-0.05, 0) is 33.6 Å². The van der Waals surface area contributed by atoms with Crippen molar-refractivity contribution in [3.05, 3.63) is 23.3 Å². The second-order valence-electron chi connectivity index (χ2n) is 3.98. The van der Waals surface area contributed by atoms with Crippen molar-refractivity contribution in [2.45, 2.75) is 33.6 Å². The molecule has 100 valence electrons. The number of hydrogen-bond acceptors (Lipinski definition) is 4. The summed E-state index contributed by atoms with van der Waals surface area (Å²) in [6.07, 6.45) is 6.06. The van der Waals surface area contributed by atoms with E-state index in [0.717, 1.165) is 12.8 Å². The summed E-state index contributed by atoms with van der Waals surface area (Å²) >= 11 is 0. The van der Waals surface area contributed by atoms with Crippen molar-refractivity contribution in [2.75, 3.05) is 20.8 Å². The van der Waals surface area contributed by atoms with Crippen molar-refractivity contribution < 1.29 is 18.1 Å². The quantitative estimate of drug-likeness (QED) is 0.488. The Labute approximate surface area is 104 Å². The first-order chi connectivity index (χ1) is 7.93. The second kappa shape index (κ2) is 8.65. The van der Waals surface area contributed by atoms with Crippen LogP contribution < -0.4 is 0 Å². The lowest BCUT2D eigenvalue weighted by atomic mass is 10.1. The highest BCUT2D eigenvalue weighted by molar-refractivity contribution is 7.48. The van der Waals surface area contributed by atoms with E-state index >= 15 is 0 Å². The summed E-state index contributed by atoms with van der Waals surface area (Å²) in [5.74, 6) is 0. The Morgan fingerprint density at radius 2 is 1.71 bits per heavy atom. The third-order valence-corrected chi connectivity index (χ3v) is 3.56. The summed E-state index contributed by atoms with van der Waals surface area (Å²) in [5, 5.41) is 0. The lowest BCUT2D eigenvalue weighted by Gasteiger charge is -2.11. The van der Waals surface area contributed by atoms with Crippen LogP contribution in [0, 0.1) is 0 Å². The highest BCUT2D eigenvalue weighted by Crippen LogP contribution is 2.47. The maximum atomic E-state index is 11.5. The van der Waals surface area contributed by atoms with Gasteiger partial charge in [-0.15, -0.1) is 0 Å². The van der Waals surface area contributed by atoms with E-state index in [-0.39, 0.29) is 6.61 Å². The number of hydrogen-bond donors (Lipinski definition) is 0. The van der Waals surface area contributed by atoms with Gasteiger partial charge in [0.15, 0.2) is 0 Å². The summed E-state index contributed by atoms with van der Waals surface area (Å²) in [4.78, 5) is 0. The van der Waals surface area contributed by atoms with Crippen LogP contribution in [-0.4, -0.2) is 20.8 Å². The molecule has 0 radical (unpaired) electrons. The smallest absolute Gasteiger partial charge is 0.290 e. The molecule has 0 heterocycles. The summed E-state index contributed by atoms with van der Waals surface area (Å²) in [5.41, 5.74) is 2.51. The molecule has 0 aromatic rings. The van der Waals surface area contributed by atoms with E-state index in [1.54, 1.807) is 0 Å².